The Kier molecular flexibility index (Phi) is 7.15. The largest absolute Gasteiger partial charge is 0.368 e. The van der Waals surface area contributed by atoms with Crippen LogP contribution in [0.25, 0.3) is 11.3 Å². The Labute approximate surface area is 215 Å². The van der Waals surface area contributed by atoms with Gasteiger partial charge in [0.05, 0.1) is 5.69 Å². The first kappa shape index (κ1) is 23.8. The number of piperazine rings is 1. The number of nitrogens with zero attached hydrogens (tertiary/aromatic N) is 5. The van der Waals surface area contributed by atoms with Crippen molar-refractivity contribution >= 4 is 23.3 Å². The number of para-hydroxylation sites is 1. The molecule has 7 heteroatoms. The van der Waals surface area contributed by atoms with Crippen molar-refractivity contribution in [2.24, 2.45) is 0 Å². The van der Waals surface area contributed by atoms with Crippen LogP contribution in [-0.4, -0.2) is 36.1 Å². The highest BCUT2D eigenvalue weighted by Crippen LogP contribution is 2.33. The Hall–Kier alpha value is -3.89. The summed E-state index contributed by atoms with van der Waals surface area (Å²) in [5.41, 5.74) is 5.26. The molecule has 2 heterocycles. The molecule has 0 atom stereocenters. The van der Waals surface area contributed by atoms with E-state index in [1.54, 1.807) is 23.9 Å². The fraction of sp³-hybridized carbons (Fsp3) is 0.207. The second kappa shape index (κ2) is 10.8. The summed E-state index contributed by atoms with van der Waals surface area (Å²) in [6, 6.07) is 27.2. The van der Waals surface area contributed by atoms with Crippen molar-refractivity contribution in [3.8, 4) is 17.3 Å². The molecule has 0 amide bonds. The zero-order valence-corrected chi connectivity index (χ0v) is 20.9. The highest BCUT2D eigenvalue weighted by molar-refractivity contribution is 7.98. The number of anilines is 2. The maximum Gasteiger partial charge on any atom is 0.190 e. The SMILES string of the molecule is Cc1ccc(CSc2nc(-c3ccc(F)cc3)c(C#N)c(N3CCN(c4ccccc4)CC3)n2)cc1. The van der Waals surface area contributed by atoms with Crippen LogP contribution in [0.15, 0.2) is 84.0 Å². The van der Waals surface area contributed by atoms with Gasteiger partial charge < -0.3 is 9.80 Å². The molecule has 0 unspecified atom stereocenters. The van der Waals surface area contributed by atoms with Crippen LogP contribution in [-0.2, 0) is 5.75 Å². The lowest BCUT2D eigenvalue weighted by Gasteiger charge is -2.37. The quantitative estimate of drug-likeness (QED) is 0.239. The van der Waals surface area contributed by atoms with E-state index in [0.717, 1.165) is 31.9 Å². The summed E-state index contributed by atoms with van der Waals surface area (Å²) < 4.78 is 13.6. The van der Waals surface area contributed by atoms with Crippen molar-refractivity contribution in [2.75, 3.05) is 36.0 Å². The Morgan fingerprint density at radius 1 is 0.861 bits per heavy atom. The third-order valence-electron chi connectivity index (χ3n) is 6.29. The molecule has 4 aromatic rings. The molecule has 0 spiro atoms. The predicted molar refractivity (Wildman–Crippen MR) is 144 cm³/mol. The minimum atomic E-state index is -0.322. The summed E-state index contributed by atoms with van der Waals surface area (Å²) in [5.74, 6) is 1.04. The average Bonchev–Trinajstić information content (AvgIpc) is 2.93. The van der Waals surface area contributed by atoms with Crippen molar-refractivity contribution in [3.63, 3.8) is 0 Å². The van der Waals surface area contributed by atoms with Crippen LogP contribution >= 0.6 is 11.8 Å². The zero-order chi connectivity index (χ0) is 24.9. The first-order valence-corrected chi connectivity index (χ1v) is 12.9. The number of aromatic nitrogens is 2. The number of rotatable bonds is 6. The summed E-state index contributed by atoms with van der Waals surface area (Å²) in [6.45, 7) is 5.21. The third kappa shape index (κ3) is 5.34. The fourth-order valence-electron chi connectivity index (χ4n) is 4.29. The average molecular weight is 496 g/mol. The lowest BCUT2D eigenvalue weighted by atomic mass is 10.1. The highest BCUT2D eigenvalue weighted by atomic mass is 32.2. The molecule has 5 rings (SSSR count). The van der Waals surface area contributed by atoms with Gasteiger partial charge in [0, 0.05) is 43.2 Å². The van der Waals surface area contributed by atoms with Crippen LogP contribution < -0.4 is 9.80 Å². The zero-order valence-electron chi connectivity index (χ0n) is 20.1. The van der Waals surface area contributed by atoms with E-state index in [1.807, 2.05) is 18.2 Å². The van der Waals surface area contributed by atoms with E-state index in [0.29, 0.717) is 27.8 Å². The van der Waals surface area contributed by atoms with E-state index in [2.05, 4.69) is 59.2 Å². The number of hydrogen-bond donors (Lipinski definition) is 0. The number of benzene rings is 3. The van der Waals surface area contributed by atoms with Gasteiger partial charge in [-0.15, -0.1) is 0 Å². The molecule has 0 saturated carbocycles. The van der Waals surface area contributed by atoms with Crippen molar-refractivity contribution in [1.29, 1.82) is 5.26 Å². The number of hydrogen-bond acceptors (Lipinski definition) is 6. The number of nitriles is 1. The van der Waals surface area contributed by atoms with Crippen LogP contribution in [0.2, 0.25) is 0 Å². The molecular formula is C29H26FN5S. The molecular weight excluding hydrogens is 469 g/mol. The van der Waals surface area contributed by atoms with Crippen molar-refractivity contribution in [1.82, 2.24) is 9.97 Å². The molecule has 3 aromatic carbocycles. The van der Waals surface area contributed by atoms with Gasteiger partial charge in [-0.3, -0.25) is 0 Å². The van der Waals surface area contributed by atoms with Gasteiger partial charge in [-0.05, 0) is 48.9 Å². The second-order valence-electron chi connectivity index (χ2n) is 8.76. The van der Waals surface area contributed by atoms with E-state index in [-0.39, 0.29) is 5.82 Å². The lowest BCUT2D eigenvalue weighted by Crippen LogP contribution is -2.47. The van der Waals surface area contributed by atoms with Crippen molar-refractivity contribution in [3.05, 3.63) is 101 Å². The van der Waals surface area contributed by atoms with Gasteiger partial charge in [-0.1, -0.05) is 59.8 Å². The molecule has 0 radical (unpaired) electrons. The Morgan fingerprint density at radius 2 is 1.53 bits per heavy atom. The molecule has 1 fully saturated rings. The standard InChI is InChI=1S/C29H26FN5S/c1-21-7-9-22(10-8-21)20-36-29-32-27(23-11-13-24(30)14-12-23)26(19-31)28(33-29)35-17-15-34(16-18-35)25-5-3-2-4-6-25/h2-14H,15-18,20H2,1H3. The maximum atomic E-state index is 13.6. The smallest absolute Gasteiger partial charge is 0.190 e. The van der Waals surface area contributed by atoms with Gasteiger partial charge in [-0.25, -0.2) is 14.4 Å². The highest BCUT2D eigenvalue weighted by Gasteiger charge is 2.25. The van der Waals surface area contributed by atoms with Gasteiger partial charge in [-0.2, -0.15) is 5.26 Å². The second-order valence-corrected chi connectivity index (χ2v) is 9.70. The Morgan fingerprint density at radius 3 is 2.19 bits per heavy atom. The monoisotopic (exact) mass is 495 g/mol. The van der Waals surface area contributed by atoms with Crippen LogP contribution in [0, 0.1) is 24.1 Å². The van der Waals surface area contributed by atoms with Gasteiger partial charge in [0.2, 0.25) is 0 Å². The van der Waals surface area contributed by atoms with Crippen molar-refractivity contribution < 1.29 is 4.39 Å². The normalized spacial score (nSPS) is 13.5. The van der Waals surface area contributed by atoms with Gasteiger partial charge in [0.25, 0.3) is 0 Å². The topological polar surface area (TPSA) is 56.1 Å². The fourth-order valence-corrected chi connectivity index (χ4v) is 5.08. The number of halogens is 1. The first-order chi connectivity index (χ1) is 17.6. The number of aryl methyl sites for hydroxylation is 1. The van der Waals surface area contributed by atoms with E-state index in [4.69, 9.17) is 9.97 Å². The Balaban J connectivity index is 1.46. The summed E-state index contributed by atoms with van der Waals surface area (Å²) in [4.78, 5) is 14.1. The Bertz CT molecular complexity index is 1360. The molecule has 1 aliphatic heterocycles. The molecule has 5 nitrogen and oxygen atoms in total. The minimum absolute atomic E-state index is 0.322. The summed E-state index contributed by atoms with van der Waals surface area (Å²) in [7, 11) is 0. The van der Waals surface area contributed by atoms with Crippen LogP contribution in [0.1, 0.15) is 16.7 Å². The first-order valence-electron chi connectivity index (χ1n) is 11.9. The van der Waals surface area contributed by atoms with E-state index in [1.165, 1.54) is 28.9 Å². The van der Waals surface area contributed by atoms with E-state index < -0.39 is 0 Å². The molecule has 180 valence electrons. The maximum absolute atomic E-state index is 13.6. The summed E-state index contributed by atoms with van der Waals surface area (Å²) in [5, 5.41) is 10.8. The number of thioether (sulfide) groups is 1. The lowest BCUT2D eigenvalue weighted by molar-refractivity contribution is 0.628. The summed E-state index contributed by atoms with van der Waals surface area (Å²) >= 11 is 1.54. The van der Waals surface area contributed by atoms with Crippen LogP contribution in [0.4, 0.5) is 15.9 Å². The molecule has 1 saturated heterocycles. The molecule has 0 bridgehead atoms. The van der Waals surface area contributed by atoms with Gasteiger partial charge in [0.1, 0.15) is 17.4 Å². The van der Waals surface area contributed by atoms with E-state index >= 15 is 0 Å². The van der Waals surface area contributed by atoms with Crippen molar-refractivity contribution in [2.45, 2.75) is 17.8 Å². The predicted octanol–water partition coefficient (Wildman–Crippen LogP) is 6.08. The van der Waals surface area contributed by atoms with Gasteiger partial charge >= 0.3 is 0 Å². The third-order valence-corrected chi connectivity index (χ3v) is 7.21. The summed E-state index contributed by atoms with van der Waals surface area (Å²) in [6.07, 6.45) is 0. The molecule has 1 aliphatic rings. The van der Waals surface area contributed by atoms with Gasteiger partial charge in [0.15, 0.2) is 11.0 Å². The van der Waals surface area contributed by atoms with Crippen LogP contribution in [0.5, 0.6) is 0 Å². The molecule has 36 heavy (non-hydrogen) atoms. The molecule has 1 aromatic heterocycles. The molecule has 0 aliphatic carbocycles. The van der Waals surface area contributed by atoms with E-state index in [9.17, 15) is 9.65 Å². The van der Waals surface area contributed by atoms with Crippen LogP contribution in [0.3, 0.4) is 0 Å². The minimum Gasteiger partial charge on any atom is -0.368 e. The molecule has 0 N–H and O–H groups in total.